The molecule has 0 spiro atoms. The molecule has 15 heavy (non-hydrogen) atoms. The van der Waals surface area contributed by atoms with Crippen molar-refractivity contribution in [3.63, 3.8) is 0 Å². The van der Waals surface area contributed by atoms with Crippen molar-refractivity contribution >= 4 is 0 Å². The fourth-order valence-electron chi connectivity index (χ4n) is 3.65. The first-order valence-corrected chi connectivity index (χ1v) is 5.40. The van der Waals surface area contributed by atoms with Gasteiger partial charge in [-0.1, -0.05) is 0 Å². The maximum atomic E-state index is 10.3. The van der Waals surface area contributed by atoms with Crippen LogP contribution < -0.4 is 0 Å². The highest BCUT2D eigenvalue weighted by Crippen LogP contribution is 2.63. The standard InChI is InChI=1S/C10H14O5/c1-8-4-9(11)6-2-10(8,12)15-7(14-8)5(6)3-13-9/h5-7,11-12H,2-4H2,1H3/t5-,6+,7-,8-,9+,10+/m0/s1. The molecule has 5 nitrogen and oxygen atoms in total. The van der Waals surface area contributed by atoms with Crippen LogP contribution in [0.2, 0.25) is 0 Å². The van der Waals surface area contributed by atoms with Gasteiger partial charge in [-0.25, -0.2) is 0 Å². The molecule has 0 amide bonds. The summed E-state index contributed by atoms with van der Waals surface area (Å²) in [6.07, 6.45) is 0.269. The maximum absolute atomic E-state index is 10.3. The van der Waals surface area contributed by atoms with Gasteiger partial charge in [0.25, 0.3) is 0 Å². The molecule has 84 valence electrons. The first kappa shape index (κ1) is 8.90. The summed E-state index contributed by atoms with van der Waals surface area (Å²) in [6.45, 7) is 2.24. The summed E-state index contributed by atoms with van der Waals surface area (Å²) in [7, 11) is 0. The summed E-state index contributed by atoms with van der Waals surface area (Å²) in [5.74, 6) is -2.36. The van der Waals surface area contributed by atoms with Crippen LogP contribution >= 0.6 is 0 Å². The number of hydrogen-bond acceptors (Lipinski definition) is 5. The zero-order valence-corrected chi connectivity index (χ0v) is 8.47. The van der Waals surface area contributed by atoms with E-state index in [4.69, 9.17) is 14.2 Å². The minimum atomic E-state index is -1.24. The number of aliphatic hydroxyl groups is 2. The fraction of sp³-hybridized carbons (Fsp3) is 1.00. The monoisotopic (exact) mass is 214 g/mol. The Hall–Kier alpha value is -0.200. The van der Waals surface area contributed by atoms with E-state index >= 15 is 0 Å². The number of rotatable bonds is 0. The minimum absolute atomic E-state index is 0.0552. The van der Waals surface area contributed by atoms with Crippen molar-refractivity contribution in [1.82, 2.24) is 0 Å². The van der Waals surface area contributed by atoms with E-state index in [9.17, 15) is 10.2 Å². The summed E-state index contributed by atoms with van der Waals surface area (Å²) < 4.78 is 16.8. The second-order valence-electron chi connectivity index (χ2n) is 5.43. The molecular formula is C10H14O5. The van der Waals surface area contributed by atoms with Crippen LogP contribution in [0.15, 0.2) is 0 Å². The second-order valence-corrected chi connectivity index (χ2v) is 5.43. The molecule has 6 atom stereocenters. The van der Waals surface area contributed by atoms with E-state index in [1.165, 1.54) is 0 Å². The number of fused-ring (bicyclic) bond motifs is 2. The van der Waals surface area contributed by atoms with Crippen LogP contribution in [0.3, 0.4) is 0 Å². The second kappa shape index (κ2) is 2.10. The van der Waals surface area contributed by atoms with Gasteiger partial charge in [-0.2, -0.15) is 0 Å². The molecule has 0 aromatic rings. The van der Waals surface area contributed by atoms with Crippen molar-refractivity contribution in [3.05, 3.63) is 0 Å². The van der Waals surface area contributed by atoms with Gasteiger partial charge in [0.15, 0.2) is 17.9 Å². The zero-order chi connectivity index (χ0) is 10.5. The molecule has 2 N–H and O–H groups in total. The quantitative estimate of drug-likeness (QED) is 0.572. The Morgan fingerprint density at radius 1 is 1.27 bits per heavy atom. The number of hydrogen-bond donors (Lipinski definition) is 2. The Bertz CT molecular complexity index is 347. The highest BCUT2D eigenvalue weighted by molar-refractivity contribution is 5.14. The van der Waals surface area contributed by atoms with Gasteiger partial charge in [-0.05, 0) is 6.92 Å². The predicted octanol–water partition coefficient (Wildman–Crippen LogP) is -0.435. The van der Waals surface area contributed by atoms with Crippen LogP contribution in [-0.2, 0) is 14.2 Å². The molecule has 4 fully saturated rings. The molecule has 3 saturated heterocycles. The molecule has 4 rings (SSSR count). The van der Waals surface area contributed by atoms with Crippen molar-refractivity contribution in [2.75, 3.05) is 6.61 Å². The molecule has 0 unspecified atom stereocenters. The lowest BCUT2D eigenvalue weighted by Gasteiger charge is -2.49. The third-order valence-corrected chi connectivity index (χ3v) is 4.57. The highest BCUT2D eigenvalue weighted by atomic mass is 16.8. The van der Waals surface area contributed by atoms with Crippen LogP contribution in [-0.4, -0.2) is 40.3 Å². The fourth-order valence-corrected chi connectivity index (χ4v) is 3.65. The van der Waals surface area contributed by atoms with E-state index in [1.54, 1.807) is 6.92 Å². The minimum Gasteiger partial charge on any atom is -0.365 e. The van der Waals surface area contributed by atoms with E-state index < -0.39 is 23.5 Å². The normalized spacial score (nSPS) is 70.2. The van der Waals surface area contributed by atoms with Crippen LogP contribution in [0.25, 0.3) is 0 Å². The van der Waals surface area contributed by atoms with E-state index in [-0.39, 0.29) is 18.3 Å². The van der Waals surface area contributed by atoms with Crippen molar-refractivity contribution in [2.24, 2.45) is 11.8 Å². The van der Waals surface area contributed by atoms with Gasteiger partial charge in [0, 0.05) is 24.7 Å². The van der Waals surface area contributed by atoms with Gasteiger partial charge in [-0.3, -0.25) is 0 Å². The molecule has 0 aromatic heterocycles. The molecule has 0 radical (unpaired) electrons. The Labute approximate surface area is 86.9 Å². The average molecular weight is 214 g/mol. The summed E-state index contributed by atoms with van der Waals surface area (Å²) >= 11 is 0. The molecule has 3 aliphatic heterocycles. The smallest absolute Gasteiger partial charge is 0.198 e. The largest absolute Gasteiger partial charge is 0.365 e. The molecule has 3 bridgehead atoms. The lowest BCUT2D eigenvalue weighted by atomic mass is 9.68. The summed E-state index contributed by atoms with van der Waals surface area (Å²) in [5.41, 5.74) is -0.835. The summed E-state index contributed by atoms with van der Waals surface area (Å²) in [6, 6.07) is 0. The van der Waals surface area contributed by atoms with E-state index in [0.717, 1.165) is 0 Å². The summed E-state index contributed by atoms with van der Waals surface area (Å²) in [5, 5.41) is 20.7. The van der Waals surface area contributed by atoms with Crippen molar-refractivity contribution in [2.45, 2.75) is 43.2 Å². The van der Waals surface area contributed by atoms with Crippen LogP contribution in [0.5, 0.6) is 0 Å². The van der Waals surface area contributed by atoms with E-state index in [0.29, 0.717) is 13.0 Å². The predicted molar refractivity (Wildman–Crippen MR) is 46.4 cm³/mol. The molecule has 5 heteroatoms. The van der Waals surface area contributed by atoms with Crippen LogP contribution in [0.1, 0.15) is 19.8 Å². The van der Waals surface area contributed by atoms with Gasteiger partial charge >= 0.3 is 0 Å². The van der Waals surface area contributed by atoms with Crippen LogP contribution in [0, 0.1) is 11.8 Å². The zero-order valence-electron chi connectivity index (χ0n) is 8.47. The average Bonchev–Trinajstić information content (AvgIpc) is 2.49. The molecule has 1 aliphatic carbocycles. The Morgan fingerprint density at radius 2 is 2.07 bits per heavy atom. The third kappa shape index (κ3) is 0.775. The lowest BCUT2D eigenvalue weighted by molar-refractivity contribution is -0.320. The highest BCUT2D eigenvalue weighted by Gasteiger charge is 2.75. The Kier molecular flexibility index (Phi) is 1.25. The molecule has 0 aromatic carbocycles. The van der Waals surface area contributed by atoms with Gasteiger partial charge in [0.1, 0.15) is 5.60 Å². The first-order chi connectivity index (χ1) is 6.96. The van der Waals surface area contributed by atoms with Crippen molar-refractivity contribution in [3.8, 4) is 0 Å². The van der Waals surface area contributed by atoms with Crippen LogP contribution in [0.4, 0.5) is 0 Å². The molecule has 3 heterocycles. The van der Waals surface area contributed by atoms with E-state index in [2.05, 4.69) is 0 Å². The molecule has 4 aliphatic rings. The topological polar surface area (TPSA) is 68.2 Å². The Balaban J connectivity index is 1.91. The maximum Gasteiger partial charge on any atom is 0.198 e. The Morgan fingerprint density at radius 3 is 2.87 bits per heavy atom. The van der Waals surface area contributed by atoms with Crippen molar-refractivity contribution < 1.29 is 24.4 Å². The summed E-state index contributed by atoms with van der Waals surface area (Å²) in [4.78, 5) is 0. The first-order valence-electron chi connectivity index (χ1n) is 5.40. The molecule has 1 saturated carbocycles. The van der Waals surface area contributed by atoms with Gasteiger partial charge in [0.2, 0.25) is 0 Å². The van der Waals surface area contributed by atoms with Gasteiger partial charge in [-0.15, -0.1) is 0 Å². The van der Waals surface area contributed by atoms with E-state index in [1.807, 2.05) is 0 Å². The van der Waals surface area contributed by atoms with Gasteiger partial charge in [0.05, 0.1) is 6.61 Å². The van der Waals surface area contributed by atoms with Gasteiger partial charge < -0.3 is 24.4 Å². The lowest BCUT2D eigenvalue weighted by Crippen LogP contribution is -2.63. The third-order valence-electron chi connectivity index (χ3n) is 4.57. The van der Waals surface area contributed by atoms with Crippen molar-refractivity contribution in [1.29, 1.82) is 0 Å². The molecular weight excluding hydrogens is 200 g/mol. The number of ether oxygens (including phenoxy) is 3. The SMILES string of the molecule is C[C@]12C[C@@]3(O)OC[C@@H]4[C@H](O[C@]1(O)C[C@H]43)O2.